The summed E-state index contributed by atoms with van der Waals surface area (Å²) < 4.78 is 30.8. The maximum Gasteiger partial charge on any atom is 0.294 e. The summed E-state index contributed by atoms with van der Waals surface area (Å²) in [7, 11) is -4.46. The predicted molar refractivity (Wildman–Crippen MR) is 61.5 cm³/mol. The standard InChI is InChI=1S/C10H9NO5S/c11-8-2-1-6-7(10(8)13)3-5(4-9(6)12)17(14,15)16/h1-4,12-13H,11H2,(H,14,15,16). The first kappa shape index (κ1) is 11.5. The highest BCUT2D eigenvalue weighted by atomic mass is 32.2. The number of anilines is 1. The molecular weight excluding hydrogens is 246 g/mol. The molecule has 2 aromatic carbocycles. The zero-order valence-electron chi connectivity index (χ0n) is 8.45. The molecule has 0 aliphatic carbocycles. The fourth-order valence-electron chi connectivity index (χ4n) is 1.54. The molecule has 0 spiro atoms. The fraction of sp³-hybridized carbons (Fsp3) is 0. The summed E-state index contributed by atoms with van der Waals surface area (Å²) in [5.41, 5.74) is 5.50. The molecule has 2 rings (SSSR count). The maximum absolute atomic E-state index is 11.0. The molecular formula is C10H9NO5S. The van der Waals surface area contributed by atoms with E-state index < -0.39 is 15.0 Å². The third kappa shape index (κ3) is 1.85. The number of aromatic hydroxyl groups is 2. The van der Waals surface area contributed by atoms with E-state index in [2.05, 4.69) is 0 Å². The van der Waals surface area contributed by atoms with Crippen LogP contribution in [0.3, 0.4) is 0 Å². The smallest absolute Gasteiger partial charge is 0.294 e. The van der Waals surface area contributed by atoms with Crippen LogP contribution in [-0.4, -0.2) is 23.2 Å². The number of nitrogen functional groups attached to an aromatic ring is 1. The Hall–Kier alpha value is -1.99. The van der Waals surface area contributed by atoms with Crippen LogP contribution in [0.15, 0.2) is 29.2 Å². The van der Waals surface area contributed by atoms with Crippen LogP contribution in [0, 0.1) is 0 Å². The highest BCUT2D eigenvalue weighted by Gasteiger charge is 2.15. The van der Waals surface area contributed by atoms with E-state index in [4.69, 9.17) is 10.3 Å². The molecule has 0 atom stereocenters. The number of benzene rings is 2. The lowest BCUT2D eigenvalue weighted by Gasteiger charge is -2.07. The van der Waals surface area contributed by atoms with Gasteiger partial charge in [0, 0.05) is 16.8 Å². The number of nitrogens with two attached hydrogens (primary N) is 1. The lowest BCUT2D eigenvalue weighted by Crippen LogP contribution is -1.98. The summed E-state index contributed by atoms with van der Waals surface area (Å²) in [6.45, 7) is 0. The lowest BCUT2D eigenvalue weighted by atomic mass is 10.1. The SMILES string of the molecule is Nc1ccc2c(O)cc(S(=O)(=O)O)cc2c1O. The van der Waals surface area contributed by atoms with Crippen LogP contribution in [0.1, 0.15) is 0 Å². The Morgan fingerprint density at radius 2 is 1.71 bits per heavy atom. The Kier molecular flexibility index (Phi) is 2.37. The van der Waals surface area contributed by atoms with Gasteiger partial charge in [0.25, 0.3) is 10.1 Å². The summed E-state index contributed by atoms with van der Waals surface area (Å²) in [5, 5.41) is 19.6. The first-order valence-electron chi connectivity index (χ1n) is 4.52. The Morgan fingerprint density at radius 3 is 2.29 bits per heavy atom. The highest BCUT2D eigenvalue weighted by Crippen LogP contribution is 2.37. The molecule has 0 aliphatic heterocycles. The van der Waals surface area contributed by atoms with Gasteiger partial charge in [0.2, 0.25) is 0 Å². The van der Waals surface area contributed by atoms with Crippen molar-refractivity contribution in [2.24, 2.45) is 0 Å². The normalized spacial score (nSPS) is 11.8. The van der Waals surface area contributed by atoms with Crippen molar-refractivity contribution in [3.8, 4) is 11.5 Å². The molecule has 0 radical (unpaired) electrons. The van der Waals surface area contributed by atoms with Crippen LogP contribution >= 0.6 is 0 Å². The van der Waals surface area contributed by atoms with Crippen molar-refractivity contribution in [3.63, 3.8) is 0 Å². The number of rotatable bonds is 1. The van der Waals surface area contributed by atoms with Crippen LogP contribution in [0.2, 0.25) is 0 Å². The molecule has 6 nitrogen and oxygen atoms in total. The minimum atomic E-state index is -4.46. The third-order valence-electron chi connectivity index (χ3n) is 2.39. The maximum atomic E-state index is 11.0. The van der Waals surface area contributed by atoms with E-state index in [1.54, 1.807) is 0 Å². The van der Waals surface area contributed by atoms with E-state index >= 15 is 0 Å². The molecule has 0 bridgehead atoms. The van der Waals surface area contributed by atoms with Crippen molar-refractivity contribution in [2.45, 2.75) is 4.90 Å². The molecule has 0 aromatic heterocycles. The summed E-state index contributed by atoms with van der Waals surface area (Å²) in [4.78, 5) is -0.511. The second kappa shape index (κ2) is 3.51. The van der Waals surface area contributed by atoms with Crippen LogP contribution in [0.25, 0.3) is 10.8 Å². The molecule has 0 aliphatic rings. The van der Waals surface area contributed by atoms with Gasteiger partial charge in [-0.1, -0.05) is 0 Å². The van der Waals surface area contributed by atoms with Gasteiger partial charge in [0.1, 0.15) is 11.5 Å². The Morgan fingerprint density at radius 1 is 1.06 bits per heavy atom. The minimum Gasteiger partial charge on any atom is -0.507 e. The molecule has 2 aromatic rings. The molecule has 7 heteroatoms. The first-order chi connectivity index (χ1) is 7.80. The van der Waals surface area contributed by atoms with E-state index in [0.29, 0.717) is 0 Å². The average molecular weight is 255 g/mol. The molecule has 90 valence electrons. The van der Waals surface area contributed by atoms with Crippen molar-refractivity contribution in [1.82, 2.24) is 0 Å². The summed E-state index contributed by atoms with van der Waals surface area (Å²) in [6.07, 6.45) is 0. The van der Waals surface area contributed by atoms with E-state index in [1.165, 1.54) is 12.1 Å². The first-order valence-corrected chi connectivity index (χ1v) is 5.96. The average Bonchev–Trinajstić information content (AvgIpc) is 2.22. The quantitative estimate of drug-likeness (QED) is 0.344. The minimum absolute atomic E-state index is 0.0457. The van der Waals surface area contributed by atoms with E-state index in [-0.39, 0.29) is 28.0 Å². The zero-order chi connectivity index (χ0) is 12.8. The Balaban J connectivity index is 2.94. The van der Waals surface area contributed by atoms with Gasteiger partial charge in [0.05, 0.1) is 10.6 Å². The van der Waals surface area contributed by atoms with Crippen LogP contribution in [-0.2, 0) is 10.1 Å². The van der Waals surface area contributed by atoms with Gasteiger partial charge in [-0.25, -0.2) is 0 Å². The molecule has 5 N–H and O–H groups in total. The summed E-state index contributed by atoms with van der Waals surface area (Å²) in [5.74, 6) is -0.714. The molecule has 0 heterocycles. The molecule has 0 fully saturated rings. The fourth-order valence-corrected chi connectivity index (χ4v) is 2.07. The number of fused-ring (bicyclic) bond motifs is 1. The van der Waals surface area contributed by atoms with Crippen LogP contribution in [0.5, 0.6) is 11.5 Å². The lowest BCUT2D eigenvalue weighted by molar-refractivity contribution is 0.469. The molecule has 0 unspecified atom stereocenters. The zero-order valence-corrected chi connectivity index (χ0v) is 9.27. The molecule has 17 heavy (non-hydrogen) atoms. The van der Waals surface area contributed by atoms with Crippen LogP contribution < -0.4 is 5.73 Å². The van der Waals surface area contributed by atoms with Gasteiger partial charge in [0.15, 0.2) is 0 Å². The number of hydrogen-bond acceptors (Lipinski definition) is 5. The topological polar surface area (TPSA) is 121 Å². The van der Waals surface area contributed by atoms with Gasteiger partial charge in [-0.3, -0.25) is 4.55 Å². The van der Waals surface area contributed by atoms with E-state index in [1.807, 2.05) is 0 Å². The summed E-state index contributed by atoms with van der Waals surface area (Å²) >= 11 is 0. The van der Waals surface area contributed by atoms with Crippen LogP contribution in [0.4, 0.5) is 5.69 Å². The summed E-state index contributed by atoms with van der Waals surface area (Å²) in [6, 6.07) is 4.75. The van der Waals surface area contributed by atoms with Crippen molar-refractivity contribution in [3.05, 3.63) is 24.3 Å². The van der Waals surface area contributed by atoms with Gasteiger partial charge in [-0.2, -0.15) is 8.42 Å². The number of phenolic OH excluding ortho intramolecular Hbond substituents is 2. The third-order valence-corrected chi connectivity index (χ3v) is 3.22. The van der Waals surface area contributed by atoms with Gasteiger partial charge in [-0.15, -0.1) is 0 Å². The van der Waals surface area contributed by atoms with Gasteiger partial charge in [-0.05, 0) is 18.2 Å². The molecule has 0 amide bonds. The van der Waals surface area contributed by atoms with E-state index in [9.17, 15) is 18.6 Å². The van der Waals surface area contributed by atoms with Crippen molar-refractivity contribution in [2.75, 3.05) is 5.73 Å². The molecule has 0 saturated heterocycles. The molecule has 0 saturated carbocycles. The van der Waals surface area contributed by atoms with Crippen molar-refractivity contribution in [1.29, 1.82) is 0 Å². The Bertz CT molecular complexity index is 708. The number of hydrogen-bond donors (Lipinski definition) is 4. The monoisotopic (exact) mass is 255 g/mol. The van der Waals surface area contributed by atoms with Crippen molar-refractivity contribution >= 4 is 26.6 Å². The van der Waals surface area contributed by atoms with E-state index in [0.717, 1.165) is 12.1 Å². The predicted octanol–water partition coefficient (Wildman–Crippen LogP) is 1.08. The van der Waals surface area contributed by atoms with Crippen molar-refractivity contribution < 1.29 is 23.2 Å². The second-order valence-corrected chi connectivity index (χ2v) is 4.94. The second-order valence-electron chi connectivity index (χ2n) is 3.52. The van der Waals surface area contributed by atoms with Gasteiger partial charge >= 0.3 is 0 Å². The number of phenols is 2. The highest BCUT2D eigenvalue weighted by molar-refractivity contribution is 7.85. The Labute approximate surface area is 96.7 Å². The largest absolute Gasteiger partial charge is 0.507 e. The van der Waals surface area contributed by atoms with Gasteiger partial charge < -0.3 is 15.9 Å².